The summed E-state index contributed by atoms with van der Waals surface area (Å²) in [6.45, 7) is 3.21. The molecule has 0 unspecified atom stereocenters. The van der Waals surface area contributed by atoms with Gasteiger partial charge in [0, 0.05) is 13.1 Å². The molecule has 1 saturated carbocycles. The Morgan fingerprint density at radius 1 is 1.40 bits per heavy atom. The number of ether oxygens (including phenoxy) is 1. The first-order valence-electron chi connectivity index (χ1n) is 6.82. The Labute approximate surface area is 129 Å². The molecule has 6 heteroatoms. The molecule has 1 fully saturated rings. The standard InChI is InChI=1S/C14H20BrNO3S/c1-3-8-16(10-11-4-5-11)20(17,18)12-6-7-14(19-2)13(15)9-12/h6-7,9,11H,3-5,8,10H2,1-2H3. The minimum atomic E-state index is -3.42. The highest BCUT2D eigenvalue weighted by molar-refractivity contribution is 9.10. The summed E-state index contributed by atoms with van der Waals surface area (Å²) in [7, 11) is -1.86. The van der Waals surface area contributed by atoms with Crippen molar-refractivity contribution in [3.05, 3.63) is 22.7 Å². The number of rotatable bonds is 7. The van der Waals surface area contributed by atoms with E-state index in [0.29, 0.717) is 34.1 Å². The van der Waals surface area contributed by atoms with Gasteiger partial charge in [-0.2, -0.15) is 4.31 Å². The van der Waals surface area contributed by atoms with Gasteiger partial charge >= 0.3 is 0 Å². The molecule has 112 valence electrons. The first-order chi connectivity index (χ1) is 9.48. The summed E-state index contributed by atoms with van der Waals surface area (Å²) < 4.78 is 32.8. The van der Waals surface area contributed by atoms with Crippen molar-refractivity contribution in [2.75, 3.05) is 20.2 Å². The maximum atomic E-state index is 12.7. The van der Waals surface area contributed by atoms with Crippen LogP contribution in [0.15, 0.2) is 27.6 Å². The molecule has 0 saturated heterocycles. The molecule has 1 aromatic carbocycles. The lowest BCUT2D eigenvalue weighted by Gasteiger charge is -2.21. The third-order valence-corrected chi connectivity index (χ3v) is 5.87. The van der Waals surface area contributed by atoms with Gasteiger partial charge < -0.3 is 4.74 Å². The van der Waals surface area contributed by atoms with Crippen LogP contribution in [0.2, 0.25) is 0 Å². The van der Waals surface area contributed by atoms with Gasteiger partial charge in [0.05, 0.1) is 16.5 Å². The van der Waals surface area contributed by atoms with Gasteiger partial charge in [0.1, 0.15) is 5.75 Å². The third kappa shape index (κ3) is 3.54. The van der Waals surface area contributed by atoms with Gasteiger partial charge in [-0.15, -0.1) is 0 Å². The molecule has 2 rings (SSSR count). The van der Waals surface area contributed by atoms with Crippen molar-refractivity contribution in [1.82, 2.24) is 4.31 Å². The van der Waals surface area contributed by atoms with E-state index in [0.717, 1.165) is 19.3 Å². The van der Waals surface area contributed by atoms with E-state index in [9.17, 15) is 8.42 Å². The molecule has 1 aliphatic carbocycles. The zero-order chi connectivity index (χ0) is 14.8. The SMILES string of the molecule is CCCN(CC1CC1)S(=O)(=O)c1ccc(OC)c(Br)c1. The number of hydrogen-bond donors (Lipinski definition) is 0. The Morgan fingerprint density at radius 3 is 2.60 bits per heavy atom. The zero-order valence-electron chi connectivity index (χ0n) is 11.8. The maximum Gasteiger partial charge on any atom is 0.243 e. The molecule has 1 aromatic rings. The molecule has 0 aliphatic heterocycles. The summed E-state index contributed by atoms with van der Waals surface area (Å²) in [4.78, 5) is 0.319. The molecule has 0 bridgehead atoms. The average Bonchev–Trinajstić information content (AvgIpc) is 3.22. The lowest BCUT2D eigenvalue weighted by atomic mass is 10.3. The largest absolute Gasteiger partial charge is 0.496 e. The van der Waals surface area contributed by atoms with E-state index < -0.39 is 10.0 Å². The number of benzene rings is 1. The predicted octanol–water partition coefficient (Wildman–Crippen LogP) is 3.27. The van der Waals surface area contributed by atoms with Crippen molar-refractivity contribution in [3.63, 3.8) is 0 Å². The lowest BCUT2D eigenvalue weighted by molar-refractivity contribution is 0.395. The molecule has 0 heterocycles. The summed E-state index contributed by atoms with van der Waals surface area (Å²) in [6.07, 6.45) is 3.10. The molecule has 0 N–H and O–H groups in total. The average molecular weight is 362 g/mol. The van der Waals surface area contributed by atoms with Gasteiger partial charge in [0.2, 0.25) is 10.0 Å². The van der Waals surface area contributed by atoms with Crippen LogP contribution >= 0.6 is 15.9 Å². The first kappa shape index (κ1) is 15.8. The second kappa shape index (κ2) is 6.45. The van der Waals surface area contributed by atoms with Gasteiger partial charge in [0.15, 0.2) is 0 Å². The fraction of sp³-hybridized carbons (Fsp3) is 0.571. The quantitative estimate of drug-likeness (QED) is 0.748. The maximum absolute atomic E-state index is 12.7. The van der Waals surface area contributed by atoms with Crippen LogP contribution in [0.1, 0.15) is 26.2 Å². The van der Waals surface area contributed by atoms with Gasteiger partial charge in [-0.25, -0.2) is 8.42 Å². The Kier molecular flexibility index (Phi) is 5.09. The van der Waals surface area contributed by atoms with Crippen LogP contribution in [0.3, 0.4) is 0 Å². The number of methoxy groups -OCH3 is 1. The smallest absolute Gasteiger partial charge is 0.243 e. The zero-order valence-corrected chi connectivity index (χ0v) is 14.2. The molecule has 0 radical (unpaired) electrons. The summed E-state index contributed by atoms with van der Waals surface area (Å²) in [5.41, 5.74) is 0. The van der Waals surface area contributed by atoms with Gasteiger partial charge in [0.25, 0.3) is 0 Å². The molecular formula is C14H20BrNO3S. The van der Waals surface area contributed by atoms with E-state index in [-0.39, 0.29) is 0 Å². The lowest BCUT2D eigenvalue weighted by Crippen LogP contribution is -2.33. The van der Waals surface area contributed by atoms with Crippen molar-refractivity contribution in [2.24, 2.45) is 5.92 Å². The summed E-state index contributed by atoms with van der Waals surface area (Å²) in [5, 5.41) is 0. The van der Waals surface area contributed by atoms with Crippen molar-refractivity contribution >= 4 is 26.0 Å². The minimum absolute atomic E-state index is 0.319. The van der Waals surface area contributed by atoms with Crippen LogP contribution in [0, 0.1) is 5.92 Å². The van der Waals surface area contributed by atoms with E-state index in [4.69, 9.17) is 4.74 Å². The number of halogens is 1. The first-order valence-corrected chi connectivity index (χ1v) is 9.06. The highest BCUT2D eigenvalue weighted by Gasteiger charge is 2.31. The van der Waals surface area contributed by atoms with Crippen molar-refractivity contribution in [1.29, 1.82) is 0 Å². The van der Waals surface area contributed by atoms with Gasteiger partial charge in [-0.3, -0.25) is 0 Å². The highest BCUT2D eigenvalue weighted by atomic mass is 79.9. The van der Waals surface area contributed by atoms with E-state index in [1.54, 1.807) is 29.6 Å². The Bertz CT molecular complexity index is 570. The van der Waals surface area contributed by atoms with Crippen LogP contribution in [0.25, 0.3) is 0 Å². The molecule has 0 aromatic heterocycles. The van der Waals surface area contributed by atoms with E-state index in [1.165, 1.54) is 0 Å². The second-order valence-electron chi connectivity index (χ2n) is 5.10. The molecule has 0 atom stereocenters. The van der Waals surface area contributed by atoms with Crippen LogP contribution < -0.4 is 4.74 Å². The van der Waals surface area contributed by atoms with Crippen LogP contribution in [0.5, 0.6) is 5.75 Å². The van der Waals surface area contributed by atoms with Crippen molar-refractivity contribution < 1.29 is 13.2 Å². The number of hydrogen-bond acceptors (Lipinski definition) is 3. The highest BCUT2D eigenvalue weighted by Crippen LogP contribution is 2.33. The van der Waals surface area contributed by atoms with Gasteiger partial charge in [-0.1, -0.05) is 6.92 Å². The van der Waals surface area contributed by atoms with E-state index >= 15 is 0 Å². The van der Waals surface area contributed by atoms with Crippen LogP contribution in [0.4, 0.5) is 0 Å². The molecule has 1 aliphatic rings. The Balaban J connectivity index is 2.28. The molecule has 4 nitrogen and oxygen atoms in total. The van der Waals surface area contributed by atoms with Crippen molar-refractivity contribution in [2.45, 2.75) is 31.1 Å². The van der Waals surface area contributed by atoms with Gasteiger partial charge in [-0.05, 0) is 59.3 Å². The molecule has 0 amide bonds. The monoisotopic (exact) mass is 361 g/mol. The summed E-state index contributed by atoms with van der Waals surface area (Å²) in [6, 6.07) is 4.90. The fourth-order valence-corrected chi connectivity index (χ4v) is 4.43. The predicted molar refractivity (Wildman–Crippen MR) is 82.5 cm³/mol. The van der Waals surface area contributed by atoms with E-state index in [2.05, 4.69) is 15.9 Å². The van der Waals surface area contributed by atoms with Crippen LogP contribution in [-0.4, -0.2) is 32.9 Å². The number of nitrogens with zero attached hydrogens (tertiary/aromatic N) is 1. The van der Waals surface area contributed by atoms with Crippen LogP contribution in [-0.2, 0) is 10.0 Å². The topological polar surface area (TPSA) is 46.6 Å². The molecule has 20 heavy (non-hydrogen) atoms. The second-order valence-corrected chi connectivity index (χ2v) is 7.90. The minimum Gasteiger partial charge on any atom is -0.496 e. The Hall–Kier alpha value is -0.590. The third-order valence-electron chi connectivity index (χ3n) is 3.39. The Morgan fingerprint density at radius 2 is 2.10 bits per heavy atom. The number of sulfonamides is 1. The van der Waals surface area contributed by atoms with Crippen molar-refractivity contribution in [3.8, 4) is 5.75 Å². The fourth-order valence-electron chi connectivity index (χ4n) is 2.10. The molecular weight excluding hydrogens is 342 g/mol. The summed E-state index contributed by atoms with van der Waals surface area (Å²) in [5.74, 6) is 1.17. The molecule has 0 spiro atoms. The summed E-state index contributed by atoms with van der Waals surface area (Å²) >= 11 is 3.34. The van der Waals surface area contributed by atoms with E-state index in [1.807, 2.05) is 6.92 Å². The normalized spacial score (nSPS) is 15.6.